The predicted molar refractivity (Wildman–Crippen MR) is 117 cm³/mol. The number of carbonyl (C=O) groups is 2. The van der Waals surface area contributed by atoms with E-state index in [-0.39, 0.29) is 11.3 Å². The molecule has 0 bridgehead atoms. The van der Waals surface area contributed by atoms with Crippen molar-refractivity contribution in [2.45, 2.75) is 25.0 Å². The summed E-state index contributed by atoms with van der Waals surface area (Å²) in [5.74, 6) is -1.61. The van der Waals surface area contributed by atoms with Gasteiger partial charge in [0.25, 0.3) is 11.8 Å². The van der Waals surface area contributed by atoms with Crippen molar-refractivity contribution >= 4 is 23.6 Å². The van der Waals surface area contributed by atoms with Crippen LogP contribution in [0, 0.1) is 0 Å². The van der Waals surface area contributed by atoms with Crippen LogP contribution in [-0.2, 0) is 16.8 Å². The summed E-state index contributed by atoms with van der Waals surface area (Å²) < 4.78 is 0. The fourth-order valence-electron chi connectivity index (χ4n) is 3.06. The second-order valence-electron chi connectivity index (χ2n) is 7.36. The molecule has 0 fully saturated rings. The summed E-state index contributed by atoms with van der Waals surface area (Å²) >= 11 is 0. The summed E-state index contributed by atoms with van der Waals surface area (Å²) in [4.78, 5) is 24.8. The molecular formula is C22H24N6O4. The van der Waals surface area contributed by atoms with Crippen LogP contribution >= 0.6 is 0 Å². The molecule has 32 heavy (non-hydrogen) atoms. The molecule has 1 heterocycles. The van der Waals surface area contributed by atoms with Crippen LogP contribution in [0.15, 0.2) is 60.8 Å². The number of aromatic nitrogens is 3. The minimum atomic E-state index is -1.93. The van der Waals surface area contributed by atoms with Crippen molar-refractivity contribution < 1.29 is 19.9 Å². The molecule has 0 saturated heterocycles. The largest absolute Gasteiger partial charge is 0.399 e. The van der Waals surface area contributed by atoms with Gasteiger partial charge >= 0.3 is 0 Å². The van der Waals surface area contributed by atoms with Crippen molar-refractivity contribution in [2.24, 2.45) is 0 Å². The number of allylic oxidation sites excluding steroid dienone is 1. The van der Waals surface area contributed by atoms with E-state index in [4.69, 9.17) is 10.9 Å². The second-order valence-corrected chi connectivity index (χ2v) is 7.36. The van der Waals surface area contributed by atoms with Gasteiger partial charge in [0.1, 0.15) is 17.3 Å². The number of H-pyrrole nitrogens is 1. The van der Waals surface area contributed by atoms with Gasteiger partial charge in [0.15, 0.2) is 0 Å². The molecule has 0 aliphatic heterocycles. The smallest absolute Gasteiger partial charge is 0.269 e. The number of amides is 2. The van der Waals surface area contributed by atoms with Gasteiger partial charge in [-0.1, -0.05) is 36.4 Å². The van der Waals surface area contributed by atoms with Gasteiger partial charge in [0, 0.05) is 11.3 Å². The molecule has 3 aromatic rings. The molecule has 10 nitrogen and oxygen atoms in total. The van der Waals surface area contributed by atoms with E-state index < -0.39 is 23.5 Å². The number of rotatable bonds is 8. The number of benzene rings is 2. The Morgan fingerprint density at radius 1 is 1.19 bits per heavy atom. The minimum absolute atomic E-state index is 0.0228. The van der Waals surface area contributed by atoms with Crippen molar-refractivity contribution in [3.05, 3.63) is 83.2 Å². The number of hydrogen-bond donors (Lipinski definition) is 6. The predicted octanol–water partition coefficient (Wildman–Crippen LogP) is 1.15. The van der Waals surface area contributed by atoms with Crippen molar-refractivity contribution in [1.29, 1.82) is 0 Å². The molecule has 3 rings (SSSR count). The zero-order valence-electron chi connectivity index (χ0n) is 17.3. The van der Waals surface area contributed by atoms with E-state index >= 15 is 0 Å². The summed E-state index contributed by atoms with van der Waals surface area (Å²) in [6, 6.07) is 12.8. The number of nitrogens with two attached hydrogens (primary N) is 1. The molecule has 0 spiro atoms. The SMILES string of the molecule is CC(O)(c1cn[nH]n1)[C@H](NC(=O)c1ccc(CC=Cc2ccc(N)cc2)cc1)C(=O)NO. The first-order valence-electron chi connectivity index (χ1n) is 9.75. The third kappa shape index (κ3) is 5.36. The summed E-state index contributed by atoms with van der Waals surface area (Å²) in [7, 11) is 0. The monoisotopic (exact) mass is 436 g/mol. The highest BCUT2D eigenvalue weighted by Crippen LogP contribution is 2.22. The number of carbonyl (C=O) groups excluding carboxylic acids is 2. The molecule has 0 saturated carbocycles. The van der Waals surface area contributed by atoms with E-state index in [2.05, 4.69) is 20.7 Å². The fourth-order valence-corrected chi connectivity index (χ4v) is 3.06. The fraction of sp³-hybridized carbons (Fsp3) is 0.182. The quantitative estimate of drug-likeness (QED) is 0.175. The van der Waals surface area contributed by atoms with E-state index in [9.17, 15) is 14.7 Å². The van der Waals surface area contributed by atoms with E-state index in [0.29, 0.717) is 12.1 Å². The van der Waals surface area contributed by atoms with Gasteiger partial charge < -0.3 is 16.2 Å². The summed E-state index contributed by atoms with van der Waals surface area (Å²) in [6.07, 6.45) is 5.85. The number of anilines is 1. The molecule has 166 valence electrons. The van der Waals surface area contributed by atoms with Crippen molar-refractivity contribution in [2.75, 3.05) is 5.73 Å². The van der Waals surface area contributed by atoms with Crippen molar-refractivity contribution in [3.63, 3.8) is 0 Å². The van der Waals surface area contributed by atoms with Crippen LogP contribution in [0.5, 0.6) is 0 Å². The molecule has 1 aromatic heterocycles. The van der Waals surface area contributed by atoms with Gasteiger partial charge in [-0.25, -0.2) is 5.48 Å². The normalized spacial score (nSPS) is 14.0. The molecule has 10 heteroatoms. The third-order valence-electron chi connectivity index (χ3n) is 4.96. The second kappa shape index (κ2) is 9.86. The topological polar surface area (TPSA) is 166 Å². The van der Waals surface area contributed by atoms with Crippen molar-refractivity contribution in [1.82, 2.24) is 26.2 Å². The number of nitrogen functional groups attached to an aromatic ring is 1. The first kappa shape index (κ1) is 22.7. The van der Waals surface area contributed by atoms with Crippen molar-refractivity contribution in [3.8, 4) is 0 Å². The van der Waals surface area contributed by atoms with Gasteiger partial charge in [0.05, 0.1) is 6.20 Å². The van der Waals surface area contributed by atoms with Gasteiger partial charge in [-0.3, -0.25) is 14.8 Å². The van der Waals surface area contributed by atoms with Gasteiger partial charge in [-0.2, -0.15) is 15.4 Å². The minimum Gasteiger partial charge on any atom is -0.399 e. The Bertz CT molecular complexity index is 1080. The standard InChI is InChI=1S/C22H24N6O4/c1-22(31,18-13-24-28-26-18)19(21(30)27-32)25-20(29)16-9-5-14(6-10-16)3-2-4-15-7-11-17(23)12-8-15/h2,4-13,19,31-32H,3,23H2,1H3,(H,25,29)(H,27,30)(H,24,26,28)/t19-,22?/m1/s1. The first-order chi connectivity index (χ1) is 15.3. The van der Waals surface area contributed by atoms with Crippen LogP contribution in [0.3, 0.4) is 0 Å². The Balaban J connectivity index is 1.67. The Morgan fingerprint density at radius 2 is 1.88 bits per heavy atom. The van der Waals surface area contributed by atoms with E-state index in [1.54, 1.807) is 24.3 Å². The zero-order chi connectivity index (χ0) is 23.1. The third-order valence-corrected chi connectivity index (χ3v) is 4.96. The molecule has 2 atom stereocenters. The van der Waals surface area contributed by atoms with Crippen LogP contribution < -0.4 is 16.5 Å². The van der Waals surface area contributed by atoms with Crippen LogP contribution in [0.1, 0.15) is 34.1 Å². The Labute approximate surface area is 184 Å². The maximum atomic E-state index is 12.7. The maximum Gasteiger partial charge on any atom is 0.269 e. The van der Waals surface area contributed by atoms with Crippen LogP contribution in [0.25, 0.3) is 6.08 Å². The molecule has 2 aromatic carbocycles. The number of aliphatic hydroxyl groups is 1. The average molecular weight is 436 g/mol. The lowest BCUT2D eigenvalue weighted by atomic mass is 9.92. The average Bonchev–Trinajstić information content (AvgIpc) is 3.34. The number of aromatic amines is 1. The van der Waals surface area contributed by atoms with Gasteiger partial charge in [0.2, 0.25) is 0 Å². The lowest BCUT2D eigenvalue weighted by Crippen LogP contribution is -2.57. The Kier molecular flexibility index (Phi) is 6.98. The highest BCUT2D eigenvalue weighted by atomic mass is 16.5. The van der Waals surface area contributed by atoms with Crippen LogP contribution in [-0.4, -0.2) is 43.6 Å². The molecule has 2 amide bonds. The van der Waals surface area contributed by atoms with Gasteiger partial charge in [-0.15, -0.1) is 0 Å². The summed E-state index contributed by atoms with van der Waals surface area (Å²) in [6.45, 7) is 1.28. The molecule has 0 aliphatic rings. The molecule has 0 aliphatic carbocycles. The van der Waals surface area contributed by atoms with Gasteiger partial charge in [-0.05, 0) is 48.7 Å². The first-order valence-corrected chi connectivity index (χ1v) is 9.75. The van der Waals surface area contributed by atoms with Crippen LogP contribution in [0.2, 0.25) is 0 Å². The molecular weight excluding hydrogens is 412 g/mol. The molecule has 1 unspecified atom stereocenters. The van der Waals surface area contributed by atoms with Crippen LogP contribution in [0.4, 0.5) is 5.69 Å². The van der Waals surface area contributed by atoms with E-state index in [0.717, 1.165) is 11.1 Å². The van der Waals surface area contributed by atoms with E-state index in [1.165, 1.54) is 18.6 Å². The highest BCUT2D eigenvalue weighted by Gasteiger charge is 2.42. The number of nitrogens with one attached hydrogen (secondary N) is 3. The molecule has 0 radical (unpaired) electrons. The zero-order valence-corrected chi connectivity index (χ0v) is 17.3. The van der Waals surface area contributed by atoms with E-state index in [1.807, 2.05) is 36.4 Å². The maximum absolute atomic E-state index is 12.7. The summed E-state index contributed by atoms with van der Waals surface area (Å²) in [5.41, 5.74) is 8.22. The molecule has 7 N–H and O–H groups in total. The Hall–Kier alpha value is -4.02. The number of hydrogen-bond acceptors (Lipinski definition) is 7. The summed E-state index contributed by atoms with van der Waals surface area (Å²) in [5, 5.41) is 31.9. The highest BCUT2D eigenvalue weighted by molar-refractivity contribution is 5.97. The lowest BCUT2D eigenvalue weighted by molar-refractivity contribution is -0.138. The number of hydroxylamine groups is 1. The Morgan fingerprint density at radius 3 is 2.47 bits per heavy atom. The lowest BCUT2D eigenvalue weighted by Gasteiger charge is -2.30. The number of nitrogens with zero attached hydrogens (tertiary/aromatic N) is 2.